The number of aromatic nitrogens is 2. The molecule has 1 aliphatic rings. The Bertz CT molecular complexity index is 3740. The van der Waals surface area contributed by atoms with Crippen molar-refractivity contribution in [2.75, 3.05) is 16.5 Å². The number of anilines is 4. The van der Waals surface area contributed by atoms with Gasteiger partial charge in [-0.2, -0.15) is 0 Å². The summed E-state index contributed by atoms with van der Waals surface area (Å²) in [6.07, 6.45) is 1.95. The van der Waals surface area contributed by atoms with Crippen LogP contribution in [0.5, 0.6) is 11.5 Å². The van der Waals surface area contributed by atoms with Gasteiger partial charge in [0.15, 0.2) is 0 Å². The molecular formula is C70H70N4O. The van der Waals surface area contributed by atoms with Crippen LogP contribution in [0.25, 0.3) is 61.0 Å². The summed E-state index contributed by atoms with van der Waals surface area (Å²) in [5.41, 5.74) is 19.1. The van der Waals surface area contributed by atoms with E-state index in [0.29, 0.717) is 6.67 Å². The monoisotopic (exact) mass is 983 g/mol. The summed E-state index contributed by atoms with van der Waals surface area (Å²) in [6, 6.07) is 69.0. The highest BCUT2D eigenvalue weighted by Gasteiger charge is 2.32. The normalized spacial score (nSPS) is 13.2. The third-order valence-corrected chi connectivity index (χ3v) is 15.1. The Labute approximate surface area is 445 Å². The van der Waals surface area contributed by atoms with Crippen molar-refractivity contribution in [1.29, 1.82) is 0 Å². The largest absolute Gasteiger partial charge is 0.457 e. The molecule has 10 aromatic rings. The Morgan fingerprint density at radius 3 is 1.72 bits per heavy atom. The summed E-state index contributed by atoms with van der Waals surface area (Å²) in [6.45, 7) is 28.1. The first kappa shape index (κ1) is 49.3. The second-order valence-electron chi connectivity index (χ2n) is 24.7. The summed E-state index contributed by atoms with van der Waals surface area (Å²) < 4.78 is 9.28. The van der Waals surface area contributed by atoms with E-state index >= 15 is 0 Å². The second-order valence-corrected chi connectivity index (χ2v) is 24.7. The molecule has 11 rings (SSSR count). The average molecular weight is 983 g/mol. The number of pyridine rings is 1. The molecular weight excluding hydrogens is 913 g/mol. The van der Waals surface area contributed by atoms with Gasteiger partial charge in [0.25, 0.3) is 0 Å². The molecule has 376 valence electrons. The predicted molar refractivity (Wildman–Crippen MR) is 318 cm³/mol. The molecule has 0 amide bonds. The minimum atomic E-state index is -0.0515. The molecule has 0 aliphatic carbocycles. The first-order valence-corrected chi connectivity index (χ1v) is 26.6. The number of para-hydroxylation sites is 1. The van der Waals surface area contributed by atoms with Gasteiger partial charge in [0.05, 0.1) is 22.4 Å². The van der Waals surface area contributed by atoms with Gasteiger partial charge in [0.1, 0.15) is 24.0 Å². The molecule has 0 saturated heterocycles. The molecule has 1 aliphatic heterocycles. The Kier molecular flexibility index (Phi) is 12.2. The third kappa shape index (κ3) is 9.61. The van der Waals surface area contributed by atoms with Crippen LogP contribution in [-0.4, -0.2) is 16.2 Å². The molecule has 0 bridgehead atoms. The first-order chi connectivity index (χ1) is 35.7. The third-order valence-electron chi connectivity index (χ3n) is 15.1. The number of ether oxygens (including phenoxy) is 1. The van der Waals surface area contributed by atoms with E-state index < -0.39 is 0 Å². The van der Waals surface area contributed by atoms with E-state index in [1.807, 2.05) is 6.20 Å². The Balaban J connectivity index is 1.00. The van der Waals surface area contributed by atoms with Crippen LogP contribution in [0.15, 0.2) is 194 Å². The van der Waals surface area contributed by atoms with Crippen LogP contribution in [0, 0.1) is 0 Å². The van der Waals surface area contributed by atoms with E-state index in [4.69, 9.17) is 9.72 Å². The SMILES string of the molecule is CC(C)(C)c1cccc(N2CN(c3cccc(Oc4ccc5c6cc(-c7cc(C(C)(C)C)cc(C(C)(C)C)c7)ccc6n(-c6cc(C(C)(C)C)ccn6)c5c4)c3)c3cccc(-c4cccc(-c5ccccc5)c4)c32)c1. The van der Waals surface area contributed by atoms with Gasteiger partial charge in [-0.1, -0.05) is 186 Å². The molecule has 5 nitrogen and oxygen atoms in total. The Morgan fingerprint density at radius 2 is 1.00 bits per heavy atom. The lowest BCUT2D eigenvalue weighted by Gasteiger charge is -2.26. The van der Waals surface area contributed by atoms with Crippen LogP contribution < -0.4 is 14.5 Å². The second kappa shape index (κ2) is 18.5. The highest BCUT2D eigenvalue weighted by Crippen LogP contribution is 2.51. The van der Waals surface area contributed by atoms with Crippen LogP contribution in [-0.2, 0) is 21.7 Å². The topological polar surface area (TPSA) is 33.5 Å². The highest BCUT2D eigenvalue weighted by atomic mass is 16.5. The molecule has 3 heterocycles. The Morgan fingerprint density at radius 1 is 0.387 bits per heavy atom. The maximum Gasteiger partial charge on any atom is 0.137 e. The number of hydrogen-bond acceptors (Lipinski definition) is 4. The molecule has 2 aromatic heterocycles. The highest BCUT2D eigenvalue weighted by molar-refractivity contribution is 6.11. The smallest absolute Gasteiger partial charge is 0.137 e. The van der Waals surface area contributed by atoms with Crippen molar-refractivity contribution in [2.45, 2.75) is 105 Å². The number of hydrogen-bond donors (Lipinski definition) is 0. The van der Waals surface area contributed by atoms with Gasteiger partial charge in [-0.05, 0) is 145 Å². The van der Waals surface area contributed by atoms with E-state index in [2.05, 4.69) is 286 Å². The average Bonchev–Trinajstić information content (AvgIpc) is 3.96. The van der Waals surface area contributed by atoms with E-state index in [1.54, 1.807) is 0 Å². The zero-order chi connectivity index (χ0) is 52.6. The molecule has 0 fully saturated rings. The lowest BCUT2D eigenvalue weighted by atomic mass is 9.79. The number of benzene rings is 8. The van der Waals surface area contributed by atoms with Gasteiger partial charge in [-0.25, -0.2) is 4.98 Å². The summed E-state index contributed by atoms with van der Waals surface area (Å²) in [5, 5.41) is 2.32. The van der Waals surface area contributed by atoms with Crippen molar-refractivity contribution in [2.24, 2.45) is 0 Å². The van der Waals surface area contributed by atoms with Crippen molar-refractivity contribution in [3.63, 3.8) is 0 Å². The molecule has 0 N–H and O–H groups in total. The minimum Gasteiger partial charge on any atom is -0.457 e. The summed E-state index contributed by atoms with van der Waals surface area (Å²) in [4.78, 5) is 9.94. The van der Waals surface area contributed by atoms with Crippen molar-refractivity contribution >= 4 is 44.6 Å². The van der Waals surface area contributed by atoms with Crippen molar-refractivity contribution in [3.05, 3.63) is 217 Å². The lowest BCUT2D eigenvalue weighted by molar-refractivity contribution is 0.483. The number of nitrogens with zero attached hydrogens (tertiary/aromatic N) is 4. The fraction of sp³-hybridized carbons (Fsp3) is 0.243. The van der Waals surface area contributed by atoms with Crippen molar-refractivity contribution < 1.29 is 4.74 Å². The van der Waals surface area contributed by atoms with Gasteiger partial charge in [-0.3, -0.25) is 4.57 Å². The van der Waals surface area contributed by atoms with E-state index in [0.717, 1.165) is 50.8 Å². The van der Waals surface area contributed by atoms with Gasteiger partial charge in [0.2, 0.25) is 0 Å². The maximum absolute atomic E-state index is 6.96. The van der Waals surface area contributed by atoms with Gasteiger partial charge in [-0.15, -0.1) is 0 Å². The van der Waals surface area contributed by atoms with Gasteiger partial charge in [0, 0.05) is 46.0 Å². The fourth-order valence-electron chi connectivity index (χ4n) is 10.6. The molecule has 0 spiro atoms. The molecule has 0 radical (unpaired) electrons. The summed E-state index contributed by atoms with van der Waals surface area (Å²) >= 11 is 0. The zero-order valence-corrected chi connectivity index (χ0v) is 45.9. The van der Waals surface area contributed by atoms with E-state index in [9.17, 15) is 0 Å². The number of fused-ring (bicyclic) bond motifs is 4. The lowest BCUT2D eigenvalue weighted by Crippen LogP contribution is -2.24. The molecule has 0 atom stereocenters. The van der Waals surface area contributed by atoms with Crippen molar-refractivity contribution in [1.82, 2.24) is 9.55 Å². The molecule has 8 aromatic carbocycles. The zero-order valence-electron chi connectivity index (χ0n) is 45.9. The minimum absolute atomic E-state index is 0.00411. The van der Waals surface area contributed by atoms with Crippen LogP contribution in [0.4, 0.5) is 22.7 Å². The predicted octanol–water partition coefficient (Wildman–Crippen LogP) is 19.4. The number of rotatable bonds is 8. The van der Waals surface area contributed by atoms with Crippen LogP contribution >= 0.6 is 0 Å². The molecule has 0 saturated carbocycles. The van der Waals surface area contributed by atoms with E-state index in [1.165, 1.54) is 66.7 Å². The maximum atomic E-state index is 6.96. The van der Waals surface area contributed by atoms with E-state index in [-0.39, 0.29) is 21.7 Å². The van der Waals surface area contributed by atoms with Crippen molar-refractivity contribution in [3.8, 4) is 50.7 Å². The van der Waals surface area contributed by atoms with Gasteiger partial charge < -0.3 is 14.5 Å². The molecule has 5 heteroatoms. The van der Waals surface area contributed by atoms with Crippen LogP contribution in [0.3, 0.4) is 0 Å². The first-order valence-electron chi connectivity index (χ1n) is 26.6. The van der Waals surface area contributed by atoms with Crippen LogP contribution in [0.1, 0.15) is 105 Å². The summed E-state index contributed by atoms with van der Waals surface area (Å²) in [7, 11) is 0. The molecule has 75 heavy (non-hydrogen) atoms. The summed E-state index contributed by atoms with van der Waals surface area (Å²) in [5.74, 6) is 2.40. The Hall–Kier alpha value is -7.89. The fourth-order valence-corrected chi connectivity index (χ4v) is 10.6. The van der Waals surface area contributed by atoms with Gasteiger partial charge >= 0.3 is 0 Å². The quantitative estimate of drug-likeness (QED) is 0.152. The van der Waals surface area contributed by atoms with Crippen LogP contribution in [0.2, 0.25) is 0 Å². The molecule has 0 unspecified atom stereocenters. The standard InChI is InChI=1S/C70H70N4O/c1-67(2,3)51-24-17-25-55(41-51)73-45-72(63-29-19-28-59(66(63)73)49-23-16-22-47(36-49)46-20-14-13-15-21-46)56-26-18-27-57(43-56)75-58-31-32-60-61-39-48(50-37-53(69(7,8)9)40-54(38-50)70(10,11)12)30-33-62(61)74(64(60)44-58)65-42-52(34-35-71-65)68(4,5)6/h13-44H,45H2,1-12H3.